The van der Waals surface area contributed by atoms with Gasteiger partial charge in [0.2, 0.25) is 11.8 Å². The van der Waals surface area contributed by atoms with E-state index in [9.17, 15) is 9.59 Å². The molecule has 2 heterocycles. The summed E-state index contributed by atoms with van der Waals surface area (Å²) >= 11 is 6.10. The van der Waals surface area contributed by atoms with Crippen molar-refractivity contribution in [2.45, 2.75) is 20.3 Å². The van der Waals surface area contributed by atoms with Crippen molar-refractivity contribution in [3.63, 3.8) is 0 Å². The molecule has 0 saturated carbocycles. The molecule has 7 heteroatoms. The number of carbonyl (C=O) groups is 2. The normalized spacial score (nSPS) is 21.2. The highest BCUT2D eigenvalue weighted by Crippen LogP contribution is 2.35. The Morgan fingerprint density at radius 1 is 1.26 bits per heavy atom. The fourth-order valence-electron chi connectivity index (χ4n) is 3.91. The van der Waals surface area contributed by atoms with E-state index in [-0.39, 0.29) is 24.2 Å². The number of hydrogen-bond acceptors (Lipinski definition) is 4. The van der Waals surface area contributed by atoms with E-state index < -0.39 is 0 Å². The van der Waals surface area contributed by atoms with Gasteiger partial charge in [-0.25, -0.2) is 0 Å². The van der Waals surface area contributed by atoms with Crippen LogP contribution in [0.1, 0.15) is 20.3 Å². The predicted octanol–water partition coefficient (Wildman–Crippen LogP) is 2.50. The number of anilines is 1. The number of piperazine rings is 1. The van der Waals surface area contributed by atoms with Gasteiger partial charge in [0, 0.05) is 50.7 Å². The van der Waals surface area contributed by atoms with Gasteiger partial charge in [-0.3, -0.25) is 14.5 Å². The molecule has 1 aromatic carbocycles. The largest absolute Gasteiger partial charge is 0.495 e. The molecule has 0 radical (unpaired) electrons. The Morgan fingerprint density at radius 3 is 2.59 bits per heavy atom. The van der Waals surface area contributed by atoms with Crippen molar-refractivity contribution in [3.8, 4) is 5.75 Å². The number of benzene rings is 1. The molecule has 2 aliphatic rings. The highest BCUT2D eigenvalue weighted by atomic mass is 35.5. The van der Waals surface area contributed by atoms with Gasteiger partial charge in [0.1, 0.15) is 5.75 Å². The van der Waals surface area contributed by atoms with Crippen molar-refractivity contribution in [1.29, 1.82) is 0 Å². The van der Waals surface area contributed by atoms with Crippen molar-refractivity contribution >= 4 is 29.1 Å². The second kappa shape index (κ2) is 8.48. The Hall–Kier alpha value is -1.79. The fraction of sp³-hybridized carbons (Fsp3) is 0.600. The van der Waals surface area contributed by atoms with E-state index in [0.29, 0.717) is 28.9 Å². The standard InChI is InChI=1S/C20H28ClN3O3/c1-14(2)12-22-6-8-23(9-7-22)20(26)15-10-19(25)24(13-15)17-11-16(21)4-5-18(17)27-3/h4-5,11,14-15H,6-10,12-13H2,1-3H3. The second-order valence-corrected chi connectivity index (χ2v) is 8.18. The molecule has 1 unspecified atom stereocenters. The number of nitrogens with zero attached hydrogens (tertiary/aromatic N) is 3. The van der Waals surface area contributed by atoms with Gasteiger partial charge in [-0.05, 0) is 24.1 Å². The van der Waals surface area contributed by atoms with Crippen LogP contribution in [-0.4, -0.2) is 68.0 Å². The van der Waals surface area contributed by atoms with Gasteiger partial charge in [-0.2, -0.15) is 0 Å². The molecule has 0 aromatic heterocycles. The molecule has 2 amide bonds. The van der Waals surface area contributed by atoms with Crippen molar-refractivity contribution in [2.75, 3.05) is 51.3 Å². The summed E-state index contributed by atoms with van der Waals surface area (Å²) in [5.74, 6) is 0.922. The third-order valence-corrected chi connectivity index (χ3v) is 5.45. The van der Waals surface area contributed by atoms with E-state index in [0.717, 1.165) is 32.7 Å². The number of halogens is 1. The van der Waals surface area contributed by atoms with E-state index >= 15 is 0 Å². The first kappa shape index (κ1) is 20.0. The first-order valence-electron chi connectivity index (χ1n) is 9.54. The van der Waals surface area contributed by atoms with Crippen LogP contribution < -0.4 is 9.64 Å². The van der Waals surface area contributed by atoms with Crippen LogP contribution in [0.15, 0.2) is 18.2 Å². The Balaban J connectivity index is 1.64. The van der Waals surface area contributed by atoms with Gasteiger partial charge < -0.3 is 14.5 Å². The molecule has 0 aliphatic carbocycles. The van der Waals surface area contributed by atoms with Crippen molar-refractivity contribution in [1.82, 2.24) is 9.80 Å². The summed E-state index contributed by atoms with van der Waals surface area (Å²) < 4.78 is 5.36. The third-order valence-electron chi connectivity index (χ3n) is 5.21. The minimum absolute atomic E-state index is 0.0626. The molecule has 0 bridgehead atoms. The quantitative estimate of drug-likeness (QED) is 0.771. The Labute approximate surface area is 166 Å². The van der Waals surface area contributed by atoms with Crippen LogP contribution in [0, 0.1) is 11.8 Å². The van der Waals surface area contributed by atoms with Gasteiger partial charge in [0.15, 0.2) is 0 Å². The smallest absolute Gasteiger partial charge is 0.228 e. The third kappa shape index (κ3) is 4.55. The van der Waals surface area contributed by atoms with Gasteiger partial charge >= 0.3 is 0 Å². The van der Waals surface area contributed by atoms with Gasteiger partial charge in [0.05, 0.1) is 18.7 Å². The molecule has 2 fully saturated rings. The van der Waals surface area contributed by atoms with Crippen LogP contribution >= 0.6 is 11.6 Å². The lowest BCUT2D eigenvalue weighted by Gasteiger charge is -2.36. The molecule has 27 heavy (non-hydrogen) atoms. The molecule has 0 spiro atoms. The number of rotatable bonds is 5. The lowest BCUT2D eigenvalue weighted by molar-refractivity contribution is -0.137. The molecular weight excluding hydrogens is 366 g/mol. The van der Waals surface area contributed by atoms with E-state index in [2.05, 4.69) is 18.7 Å². The van der Waals surface area contributed by atoms with Crippen LogP contribution in [-0.2, 0) is 9.59 Å². The van der Waals surface area contributed by atoms with Crippen LogP contribution in [0.25, 0.3) is 0 Å². The zero-order valence-electron chi connectivity index (χ0n) is 16.3. The van der Waals surface area contributed by atoms with Crippen molar-refractivity contribution < 1.29 is 14.3 Å². The SMILES string of the molecule is COc1ccc(Cl)cc1N1CC(C(=O)N2CCN(CC(C)C)CC2)CC1=O. The maximum Gasteiger partial charge on any atom is 0.228 e. The van der Waals surface area contributed by atoms with E-state index in [1.807, 2.05) is 4.90 Å². The van der Waals surface area contributed by atoms with Crippen LogP contribution in [0.5, 0.6) is 5.75 Å². The first-order chi connectivity index (χ1) is 12.9. The van der Waals surface area contributed by atoms with E-state index in [1.54, 1.807) is 30.2 Å². The number of hydrogen-bond donors (Lipinski definition) is 0. The summed E-state index contributed by atoms with van der Waals surface area (Å²) in [5.41, 5.74) is 0.632. The molecule has 2 aliphatic heterocycles. The zero-order valence-corrected chi connectivity index (χ0v) is 17.0. The second-order valence-electron chi connectivity index (χ2n) is 7.74. The summed E-state index contributed by atoms with van der Waals surface area (Å²) in [6.07, 6.45) is 0.237. The van der Waals surface area contributed by atoms with Crippen molar-refractivity contribution in [2.24, 2.45) is 11.8 Å². The molecular formula is C20H28ClN3O3. The number of amides is 2. The highest BCUT2D eigenvalue weighted by Gasteiger charge is 2.38. The predicted molar refractivity (Wildman–Crippen MR) is 106 cm³/mol. The van der Waals surface area contributed by atoms with Gasteiger partial charge in [0.25, 0.3) is 0 Å². The minimum Gasteiger partial charge on any atom is -0.495 e. The average Bonchev–Trinajstić information content (AvgIpc) is 3.03. The number of carbonyl (C=O) groups excluding carboxylic acids is 2. The Kier molecular flexibility index (Phi) is 6.27. The number of methoxy groups -OCH3 is 1. The van der Waals surface area contributed by atoms with Crippen LogP contribution in [0.3, 0.4) is 0 Å². The summed E-state index contributed by atoms with van der Waals surface area (Å²) in [7, 11) is 1.56. The van der Waals surface area contributed by atoms with E-state index in [1.165, 1.54) is 0 Å². The molecule has 2 saturated heterocycles. The molecule has 0 N–H and O–H groups in total. The summed E-state index contributed by atoms with van der Waals surface area (Å²) in [6, 6.07) is 5.19. The lowest BCUT2D eigenvalue weighted by Crippen LogP contribution is -2.51. The maximum atomic E-state index is 12.9. The summed E-state index contributed by atoms with van der Waals surface area (Å²) in [5, 5.41) is 0.537. The van der Waals surface area contributed by atoms with Crippen LogP contribution in [0.2, 0.25) is 5.02 Å². The summed E-state index contributed by atoms with van der Waals surface area (Å²) in [4.78, 5) is 31.5. The van der Waals surface area contributed by atoms with Crippen molar-refractivity contribution in [3.05, 3.63) is 23.2 Å². The Bertz CT molecular complexity index is 702. The fourth-order valence-corrected chi connectivity index (χ4v) is 4.07. The topological polar surface area (TPSA) is 53.1 Å². The van der Waals surface area contributed by atoms with E-state index in [4.69, 9.17) is 16.3 Å². The zero-order chi connectivity index (χ0) is 19.6. The molecule has 1 aromatic rings. The highest BCUT2D eigenvalue weighted by molar-refractivity contribution is 6.31. The number of ether oxygens (including phenoxy) is 1. The first-order valence-corrected chi connectivity index (χ1v) is 9.92. The molecule has 148 valence electrons. The van der Waals surface area contributed by atoms with Gasteiger partial charge in [-0.15, -0.1) is 0 Å². The maximum absolute atomic E-state index is 12.9. The van der Waals surface area contributed by atoms with Gasteiger partial charge in [-0.1, -0.05) is 25.4 Å². The monoisotopic (exact) mass is 393 g/mol. The molecule has 3 rings (SSSR count). The molecule has 1 atom stereocenters. The van der Waals surface area contributed by atoms with Crippen LogP contribution in [0.4, 0.5) is 5.69 Å². The Morgan fingerprint density at radius 2 is 1.96 bits per heavy atom. The lowest BCUT2D eigenvalue weighted by atomic mass is 10.1. The average molecular weight is 394 g/mol. The minimum atomic E-state index is -0.308. The summed E-state index contributed by atoms with van der Waals surface area (Å²) in [6.45, 7) is 9.12. The molecule has 6 nitrogen and oxygen atoms in total.